The van der Waals surface area contributed by atoms with Crippen LogP contribution in [0.15, 0.2) is 27.7 Å². The second-order valence-electron chi connectivity index (χ2n) is 15.7. The fourth-order valence-electron chi connectivity index (χ4n) is 9.34. The largest absolute Gasteiger partial charge is 0.425 e. The number of ketones is 2. The maximum atomic E-state index is 14.3. The molecule has 6 atom stereocenters. The number of nitrogens with zero attached hydrogens (tertiary/aromatic N) is 3. The van der Waals surface area contributed by atoms with Gasteiger partial charge in [0.15, 0.2) is 11.6 Å². The molecule has 1 unspecified atom stereocenters. The molecule has 6 heteroatoms. The molecule has 4 aliphatic rings. The Hall–Kier alpha value is -2.55. The molecule has 2 saturated carbocycles. The lowest BCUT2D eigenvalue weighted by atomic mass is 9.38. The molecule has 1 aromatic heterocycles. The van der Waals surface area contributed by atoms with Crippen LogP contribution in [0.1, 0.15) is 119 Å². The van der Waals surface area contributed by atoms with Crippen LogP contribution in [-0.4, -0.2) is 21.8 Å². The minimum absolute atomic E-state index is 0.0435. The van der Waals surface area contributed by atoms with Gasteiger partial charge in [0, 0.05) is 29.1 Å². The fourth-order valence-corrected chi connectivity index (χ4v) is 9.34. The molecule has 6 nitrogen and oxygen atoms in total. The number of carbonyl (C=O) groups is 2. The molecular formula is C34H47N3O3. The zero-order valence-electron chi connectivity index (χ0n) is 26.0. The van der Waals surface area contributed by atoms with Crippen molar-refractivity contribution in [1.29, 1.82) is 5.26 Å². The highest BCUT2D eigenvalue weighted by molar-refractivity contribution is 6.04. The quantitative estimate of drug-likeness (QED) is 0.360. The zero-order chi connectivity index (χ0) is 29.5. The molecule has 216 valence electrons. The summed E-state index contributed by atoms with van der Waals surface area (Å²) in [5.74, 6) is 1.40. The SMILES string of the molecule is Cc1nnc([C@@]2(C)CCC(C)(C)CCC3C(=O)C=C4[C@@]5(C)C=C(C#N)C(=O)C(C)(C)[C@@H]5CC[C@@]4(C)[C@]3(C)CC2)o1. The molecular weight excluding hydrogens is 498 g/mol. The number of hydrogen-bond donors (Lipinski definition) is 0. The van der Waals surface area contributed by atoms with Crippen LogP contribution in [0.25, 0.3) is 0 Å². The van der Waals surface area contributed by atoms with E-state index in [9.17, 15) is 14.9 Å². The highest BCUT2D eigenvalue weighted by Crippen LogP contribution is 2.70. The van der Waals surface area contributed by atoms with Crippen LogP contribution >= 0.6 is 0 Å². The van der Waals surface area contributed by atoms with Crippen LogP contribution in [0, 0.1) is 57.2 Å². The Balaban J connectivity index is 1.66. The molecule has 0 N–H and O–H groups in total. The van der Waals surface area contributed by atoms with Gasteiger partial charge in [0.2, 0.25) is 11.8 Å². The van der Waals surface area contributed by atoms with E-state index in [-0.39, 0.29) is 50.6 Å². The van der Waals surface area contributed by atoms with Crippen molar-refractivity contribution < 1.29 is 14.0 Å². The lowest BCUT2D eigenvalue weighted by Crippen LogP contribution is -2.60. The number of carbonyl (C=O) groups excluding carboxylic acids is 2. The summed E-state index contributed by atoms with van der Waals surface area (Å²) in [5, 5.41) is 18.6. The summed E-state index contributed by atoms with van der Waals surface area (Å²) in [4.78, 5) is 27.6. The number of aryl methyl sites for hydroxylation is 1. The molecule has 0 saturated heterocycles. The topological polar surface area (TPSA) is 96.9 Å². The maximum absolute atomic E-state index is 14.3. The smallest absolute Gasteiger partial charge is 0.222 e. The van der Waals surface area contributed by atoms with Crippen molar-refractivity contribution in [1.82, 2.24) is 10.2 Å². The number of fused-ring (bicyclic) bond motifs is 5. The van der Waals surface area contributed by atoms with Gasteiger partial charge in [0.05, 0.1) is 5.57 Å². The van der Waals surface area contributed by atoms with Crippen LogP contribution in [0.2, 0.25) is 0 Å². The fraction of sp³-hybridized carbons (Fsp3) is 0.735. The van der Waals surface area contributed by atoms with E-state index in [2.05, 4.69) is 57.8 Å². The lowest BCUT2D eigenvalue weighted by molar-refractivity contribution is -0.139. The first-order valence-corrected chi connectivity index (χ1v) is 15.2. The normalized spacial score (nSPS) is 41.0. The first-order chi connectivity index (χ1) is 18.4. The Bertz CT molecular complexity index is 1360. The van der Waals surface area contributed by atoms with Gasteiger partial charge in [0.25, 0.3) is 0 Å². The van der Waals surface area contributed by atoms with Gasteiger partial charge >= 0.3 is 0 Å². The van der Waals surface area contributed by atoms with Gasteiger partial charge in [-0.3, -0.25) is 9.59 Å². The Morgan fingerprint density at radius 1 is 0.900 bits per heavy atom. The molecule has 0 spiro atoms. The van der Waals surface area contributed by atoms with E-state index in [4.69, 9.17) is 4.42 Å². The van der Waals surface area contributed by atoms with Crippen LogP contribution in [-0.2, 0) is 15.0 Å². The number of rotatable bonds is 1. The Morgan fingerprint density at radius 2 is 1.57 bits per heavy atom. The first kappa shape index (κ1) is 29.0. The monoisotopic (exact) mass is 545 g/mol. The summed E-state index contributed by atoms with van der Waals surface area (Å²) in [7, 11) is 0. The van der Waals surface area contributed by atoms with Gasteiger partial charge in [-0.25, -0.2) is 0 Å². The van der Waals surface area contributed by atoms with Crippen LogP contribution in [0.4, 0.5) is 0 Å². The van der Waals surface area contributed by atoms with Gasteiger partial charge in [-0.15, -0.1) is 10.2 Å². The summed E-state index contributed by atoms with van der Waals surface area (Å²) in [6.45, 7) is 19.6. The Labute approximate surface area is 240 Å². The highest BCUT2D eigenvalue weighted by atomic mass is 16.4. The first-order valence-electron chi connectivity index (χ1n) is 15.2. The van der Waals surface area contributed by atoms with Crippen molar-refractivity contribution in [3.05, 3.63) is 35.1 Å². The number of allylic oxidation sites excluding steroid dienone is 4. The van der Waals surface area contributed by atoms with Crippen molar-refractivity contribution in [3.8, 4) is 6.07 Å². The van der Waals surface area contributed by atoms with Gasteiger partial charge in [0.1, 0.15) is 6.07 Å². The Kier molecular flexibility index (Phi) is 6.50. The van der Waals surface area contributed by atoms with E-state index in [1.165, 1.54) is 0 Å². The molecule has 40 heavy (non-hydrogen) atoms. The summed E-state index contributed by atoms with van der Waals surface area (Å²) < 4.78 is 6.06. The van der Waals surface area contributed by atoms with Crippen LogP contribution in [0.5, 0.6) is 0 Å². The molecule has 2 fully saturated rings. The number of Topliss-reactive ketones (excluding diaryl/α,β-unsaturated/α-hetero) is 1. The Morgan fingerprint density at radius 3 is 2.20 bits per heavy atom. The molecule has 0 radical (unpaired) electrons. The van der Waals surface area contributed by atoms with Crippen molar-refractivity contribution in [2.75, 3.05) is 0 Å². The lowest BCUT2D eigenvalue weighted by Gasteiger charge is -2.65. The molecule has 1 aromatic rings. The summed E-state index contributed by atoms with van der Waals surface area (Å²) in [6, 6.07) is 2.20. The molecule has 0 amide bonds. The zero-order valence-corrected chi connectivity index (χ0v) is 26.0. The molecule has 1 heterocycles. The van der Waals surface area contributed by atoms with Gasteiger partial charge in [-0.05, 0) is 79.6 Å². The number of aromatic nitrogens is 2. The average Bonchev–Trinajstić information content (AvgIpc) is 3.32. The molecule has 4 aliphatic carbocycles. The van der Waals surface area contributed by atoms with Gasteiger partial charge in [-0.1, -0.05) is 67.0 Å². The number of nitriles is 1. The molecule has 0 aromatic carbocycles. The second kappa shape index (κ2) is 8.97. The number of hydrogen-bond acceptors (Lipinski definition) is 6. The summed E-state index contributed by atoms with van der Waals surface area (Å²) in [5.41, 5.74) is -0.565. The van der Waals surface area contributed by atoms with Crippen molar-refractivity contribution in [2.45, 2.75) is 119 Å². The van der Waals surface area contributed by atoms with Crippen molar-refractivity contribution >= 4 is 11.6 Å². The predicted octanol–water partition coefficient (Wildman–Crippen LogP) is 7.63. The summed E-state index contributed by atoms with van der Waals surface area (Å²) >= 11 is 0. The van der Waals surface area contributed by atoms with Crippen molar-refractivity contribution in [3.63, 3.8) is 0 Å². The van der Waals surface area contributed by atoms with Crippen molar-refractivity contribution in [2.24, 2.45) is 38.9 Å². The van der Waals surface area contributed by atoms with E-state index in [1.807, 2.05) is 32.9 Å². The third kappa shape index (κ3) is 4.01. The highest BCUT2D eigenvalue weighted by Gasteiger charge is 2.65. The van der Waals surface area contributed by atoms with Crippen LogP contribution in [0.3, 0.4) is 0 Å². The third-order valence-electron chi connectivity index (χ3n) is 12.5. The average molecular weight is 546 g/mol. The minimum Gasteiger partial charge on any atom is -0.425 e. The predicted molar refractivity (Wildman–Crippen MR) is 154 cm³/mol. The maximum Gasteiger partial charge on any atom is 0.222 e. The van der Waals surface area contributed by atoms with E-state index < -0.39 is 10.8 Å². The second-order valence-corrected chi connectivity index (χ2v) is 15.7. The summed E-state index contributed by atoms with van der Waals surface area (Å²) in [6.07, 6.45) is 11.3. The molecule has 0 bridgehead atoms. The van der Waals surface area contributed by atoms with Gasteiger partial charge in [-0.2, -0.15) is 5.26 Å². The van der Waals surface area contributed by atoms with Gasteiger partial charge < -0.3 is 4.42 Å². The standard InChI is InChI=1S/C34H47N3O3/c1-21-36-37-28(40-21)31(6)15-14-29(2,3)12-10-23-24(38)18-26-32(7)19-22(20-35)27(39)30(4,5)25(32)11-13-34(26,9)33(23,8)17-16-31/h18-19,23,25H,10-17H2,1-9H3/t23?,25-,31-,32-,33+,34+/m0/s1. The van der Waals surface area contributed by atoms with E-state index in [0.717, 1.165) is 56.9 Å². The molecule has 5 rings (SSSR count). The van der Waals surface area contributed by atoms with E-state index >= 15 is 0 Å². The van der Waals surface area contributed by atoms with E-state index in [1.54, 1.807) is 0 Å². The minimum atomic E-state index is -0.660. The van der Waals surface area contributed by atoms with Crippen LogP contribution < -0.4 is 0 Å². The third-order valence-corrected chi connectivity index (χ3v) is 12.5. The van der Waals surface area contributed by atoms with E-state index in [0.29, 0.717) is 11.8 Å². The molecule has 0 aliphatic heterocycles.